The van der Waals surface area contributed by atoms with Gasteiger partial charge >= 0.3 is 0 Å². The molecule has 5 nitrogen and oxygen atoms in total. The van der Waals surface area contributed by atoms with E-state index in [1.54, 1.807) is 37.5 Å². The van der Waals surface area contributed by atoms with E-state index < -0.39 is 5.60 Å². The molecule has 0 spiro atoms. The van der Waals surface area contributed by atoms with Gasteiger partial charge in [-0.05, 0) is 24.6 Å². The number of amides is 1. The minimum atomic E-state index is -1.23. The fourth-order valence-corrected chi connectivity index (χ4v) is 2.96. The Morgan fingerprint density at radius 1 is 1.30 bits per heavy atom. The number of anilines is 1. The van der Waals surface area contributed by atoms with E-state index in [0.29, 0.717) is 22.1 Å². The van der Waals surface area contributed by atoms with Crippen molar-refractivity contribution in [2.24, 2.45) is 0 Å². The summed E-state index contributed by atoms with van der Waals surface area (Å²) in [6.07, 6.45) is 1.52. The number of aromatic nitrogens is 1. The zero-order valence-corrected chi connectivity index (χ0v) is 13.3. The van der Waals surface area contributed by atoms with Crippen LogP contribution in [-0.2, 0) is 10.4 Å². The van der Waals surface area contributed by atoms with Gasteiger partial charge in [-0.3, -0.25) is 4.79 Å². The molecule has 0 saturated heterocycles. The molecule has 0 fully saturated rings. The molecule has 23 heavy (non-hydrogen) atoms. The van der Waals surface area contributed by atoms with Crippen molar-refractivity contribution in [3.05, 3.63) is 59.7 Å². The smallest absolute Gasteiger partial charge is 0.229 e. The molecule has 1 atom stereocenters. The molecule has 3 aromatic rings. The van der Waals surface area contributed by atoms with Crippen LogP contribution in [0.5, 0.6) is 0 Å². The van der Waals surface area contributed by atoms with Gasteiger partial charge in [0, 0.05) is 5.38 Å². The lowest BCUT2D eigenvalue weighted by Gasteiger charge is -2.22. The van der Waals surface area contributed by atoms with Crippen LogP contribution in [0.25, 0.3) is 11.5 Å². The number of aliphatic hydroxyl groups is 1. The maximum Gasteiger partial charge on any atom is 0.229 e. The van der Waals surface area contributed by atoms with Gasteiger partial charge in [0.15, 0.2) is 10.9 Å². The summed E-state index contributed by atoms with van der Waals surface area (Å²) in [6.45, 7) is 1.62. The third-order valence-corrected chi connectivity index (χ3v) is 4.18. The molecule has 2 N–H and O–H groups in total. The Labute approximate surface area is 137 Å². The van der Waals surface area contributed by atoms with Crippen LogP contribution in [-0.4, -0.2) is 16.0 Å². The van der Waals surface area contributed by atoms with Crippen molar-refractivity contribution in [1.82, 2.24) is 4.98 Å². The van der Waals surface area contributed by atoms with Crippen molar-refractivity contribution in [3.63, 3.8) is 0 Å². The first-order valence-corrected chi connectivity index (χ1v) is 8.00. The molecular formula is C17H16N2O3S. The Morgan fingerprint density at radius 2 is 2.09 bits per heavy atom. The number of carbonyl (C=O) groups is 1. The lowest BCUT2D eigenvalue weighted by Crippen LogP contribution is -2.28. The summed E-state index contributed by atoms with van der Waals surface area (Å²) in [5.41, 5.74) is 0.141. The van der Waals surface area contributed by atoms with Gasteiger partial charge in [0.05, 0.1) is 18.3 Å². The first-order valence-electron chi connectivity index (χ1n) is 7.12. The summed E-state index contributed by atoms with van der Waals surface area (Å²) in [5, 5.41) is 15.5. The van der Waals surface area contributed by atoms with Crippen molar-refractivity contribution in [3.8, 4) is 11.5 Å². The lowest BCUT2D eigenvalue weighted by molar-refractivity contribution is -0.120. The number of carbonyl (C=O) groups excluding carboxylic acids is 1. The quantitative estimate of drug-likeness (QED) is 0.750. The minimum absolute atomic E-state index is 0.0489. The first kappa shape index (κ1) is 15.5. The molecule has 1 amide bonds. The van der Waals surface area contributed by atoms with E-state index in [4.69, 9.17) is 4.42 Å². The Bertz CT molecular complexity index is 779. The Morgan fingerprint density at radius 3 is 2.78 bits per heavy atom. The second-order valence-corrected chi connectivity index (χ2v) is 6.24. The summed E-state index contributed by atoms with van der Waals surface area (Å²) in [5.74, 6) is 0.359. The van der Waals surface area contributed by atoms with Crippen molar-refractivity contribution < 1.29 is 14.3 Å². The molecule has 0 aliphatic heterocycles. The van der Waals surface area contributed by atoms with Gasteiger partial charge in [0.2, 0.25) is 5.91 Å². The third-order valence-electron chi connectivity index (χ3n) is 3.42. The fraction of sp³-hybridized carbons (Fsp3) is 0.176. The molecule has 2 aromatic heterocycles. The van der Waals surface area contributed by atoms with Crippen LogP contribution in [0, 0.1) is 0 Å². The van der Waals surface area contributed by atoms with Crippen LogP contribution in [0.2, 0.25) is 0 Å². The van der Waals surface area contributed by atoms with Gasteiger partial charge in [0.1, 0.15) is 5.69 Å². The Kier molecular flexibility index (Phi) is 4.27. The number of hydrogen-bond donors (Lipinski definition) is 2. The number of nitrogens with one attached hydrogen (secondary N) is 1. The van der Waals surface area contributed by atoms with E-state index in [9.17, 15) is 9.90 Å². The van der Waals surface area contributed by atoms with Crippen LogP contribution in [0.1, 0.15) is 18.9 Å². The Hall–Kier alpha value is -2.44. The highest BCUT2D eigenvalue weighted by atomic mass is 32.1. The Balaban J connectivity index is 1.66. The molecular weight excluding hydrogens is 312 g/mol. The van der Waals surface area contributed by atoms with E-state index in [2.05, 4.69) is 10.3 Å². The number of thiazole rings is 1. The van der Waals surface area contributed by atoms with Crippen LogP contribution in [0.15, 0.2) is 58.5 Å². The summed E-state index contributed by atoms with van der Waals surface area (Å²) >= 11 is 1.31. The maximum atomic E-state index is 12.2. The predicted octanol–water partition coefficient (Wildman–Crippen LogP) is 3.64. The highest BCUT2D eigenvalue weighted by Gasteiger charge is 2.26. The van der Waals surface area contributed by atoms with E-state index in [1.165, 1.54) is 11.3 Å². The summed E-state index contributed by atoms with van der Waals surface area (Å²) in [4.78, 5) is 16.5. The van der Waals surface area contributed by atoms with E-state index in [0.717, 1.165) is 0 Å². The standard InChI is InChI=1S/C17H16N2O3S/c1-17(21,12-6-3-2-4-7-12)10-15(20)19-16-18-13(11-23-16)14-8-5-9-22-14/h2-9,11,21H,10H2,1H3,(H,18,19,20). The molecule has 0 bridgehead atoms. The second kappa shape index (κ2) is 6.36. The van der Waals surface area contributed by atoms with Gasteiger partial charge in [-0.15, -0.1) is 11.3 Å². The molecule has 0 aliphatic rings. The number of hydrogen-bond acceptors (Lipinski definition) is 5. The number of rotatable bonds is 5. The molecule has 0 radical (unpaired) electrons. The zero-order chi connectivity index (χ0) is 16.3. The number of nitrogens with zero attached hydrogens (tertiary/aromatic N) is 1. The van der Waals surface area contributed by atoms with Gasteiger partial charge in [-0.25, -0.2) is 4.98 Å². The number of benzene rings is 1. The third kappa shape index (κ3) is 3.67. The molecule has 6 heteroatoms. The SMILES string of the molecule is CC(O)(CC(=O)Nc1nc(-c2ccco2)cs1)c1ccccc1. The van der Waals surface area contributed by atoms with Crippen LogP contribution in [0.4, 0.5) is 5.13 Å². The topological polar surface area (TPSA) is 75.4 Å². The first-order chi connectivity index (χ1) is 11.0. The normalized spacial score (nSPS) is 13.5. The fourth-order valence-electron chi connectivity index (χ4n) is 2.24. The molecule has 1 aromatic carbocycles. The molecule has 3 rings (SSSR count). The van der Waals surface area contributed by atoms with Gasteiger partial charge in [-0.2, -0.15) is 0 Å². The average Bonchev–Trinajstić information content (AvgIpc) is 3.18. The molecule has 0 saturated carbocycles. The van der Waals surface area contributed by atoms with Gasteiger partial charge < -0.3 is 14.8 Å². The average molecular weight is 328 g/mol. The lowest BCUT2D eigenvalue weighted by atomic mass is 9.92. The van der Waals surface area contributed by atoms with Gasteiger partial charge in [-0.1, -0.05) is 30.3 Å². The van der Waals surface area contributed by atoms with Crippen molar-refractivity contribution in [1.29, 1.82) is 0 Å². The van der Waals surface area contributed by atoms with Crippen molar-refractivity contribution >= 4 is 22.4 Å². The van der Waals surface area contributed by atoms with Crippen LogP contribution >= 0.6 is 11.3 Å². The molecule has 0 aliphatic carbocycles. The highest BCUT2D eigenvalue weighted by molar-refractivity contribution is 7.14. The maximum absolute atomic E-state index is 12.2. The highest BCUT2D eigenvalue weighted by Crippen LogP contribution is 2.27. The summed E-state index contributed by atoms with van der Waals surface area (Å²) in [6, 6.07) is 12.7. The molecule has 118 valence electrons. The van der Waals surface area contributed by atoms with E-state index >= 15 is 0 Å². The minimum Gasteiger partial charge on any atom is -0.463 e. The molecule has 2 heterocycles. The van der Waals surface area contributed by atoms with E-state index in [-0.39, 0.29) is 12.3 Å². The van der Waals surface area contributed by atoms with Gasteiger partial charge in [0.25, 0.3) is 0 Å². The summed E-state index contributed by atoms with van der Waals surface area (Å²) in [7, 11) is 0. The second-order valence-electron chi connectivity index (χ2n) is 5.38. The van der Waals surface area contributed by atoms with Crippen LogP contribution < -0.4 is 5.32 Å². The number of furan rings is 1. The zero-order valence-electron chi connectivity index (χ0n) is 12.5. The van der Waals surface area contributed by atoms with Crippen LogP contribution in [0.3, 0.4) is 0 Å². The van der Waals surface area contributed by atoms with Crippen molar-refractivity contribution in [2.45, 2.75) is 18.9 Å². The molecule has 1 unspecified atom stereocenters. The van der Waals surface area contributed by atoms with E-state index in [1.807, 2.05) is 23.6 Å². The van der Waals surface area contributed by atoms with Crippen molar-refractivity contribution in [2.75, 3.05) is 5.32 Å². The predicted molar refractivity (Wildman–Crippen MR) is 89.1 cm³/mol. The summed E-state index contributed by atoms with van der Waals surface area (Å²) < 4.78 is 5.27. The largest absolute Gasteiger partial charge is 0.463 e. The monoisotopic (exact) mass is 328 g/mol.